The average Bonchev–Trinajstić information content (AvgIpc) is 3.30. The van der Waals surface area contributed by atoms with Gasteiger partial charge in [0.25, 0.3) is 5.91 Å². The third-order valence-corrected chi connectivity index (χ3v) is 5.22. The molecule has 0 saturated heterocycles. The van der Waals surface area contributed by atoms with Crippen molar-refractivity contribution in [3.63, 3.8) is 0 Å². The van der Waals surface area contributed by atoms with E-state index in [1.165, 1.54) is 15.9 Å². The number of anilines is 1. The van der Waals surface area contributed by atoms with Gasteiger partial charge in [-0.05, 0) is 29.1 Å². The first-order valence-corrected chi connectivity index (χ1v) is 8.91. The van der Waals surface area contributed by atoms with Crippen LogP contribution in [0.2, 0.25) is 0 Å². The number of thiazole rings is 1. The summed E-state index contributed by atoms with van der Waals surface area (Å²) >= 11 is 1.55. The fourth-order valence-electron chi connectivity index (χ4n) is 2.87. The van der Waals surface area contributed by atoms with Crippen LogP contribution in [-0.4, -0.2) is 49.1 Å². The number of nitrogens with zero attached hydrogens (tertiary/aromatic N) is 6. The molecule has 9 heteroatoms. The number of carbonyl (C=O) groups excluding carboxylic acids is 1. The normalized spacial score (nSPS) is 14.3. The molecule has 0 spiro atoms. The van der Waals surface area contributed by atoms with E-state index in [0.29, 0.717) is 16.4 Å². The Labute approximate surface area is 148 Å². The molecule has 0 fully saturated rings. The maximum absolute atomic E-state index is 12.7. The number of benzene rings is 1. The number of tetrazole rings is 1. The number of amides is 1. The SMILES string of the molecule is CCN1CCc2nc(NC(=O)c3ccccc3-n3cnnn3)sc2C1. The number of carbonyl (C=O) groups is 1. The van der Waals surface area contributed by atoms with Gasteiger partial charge in [0.15, 0.2) is 5.13 Å². The maximum Gasteiger partial charge on any atom is 0.259 e. The highest BCUT2D eigenvalue weighted by Gasteiger charge is 2.21. The van der Waals surface area contributed by atoms with Gasteiger partial charge in [0.05, 0.1) is 16.9 Å². The average molecular weight is 355 g/mol. The lowest BCUT2D eigenvalue weighted by Crippen LogP contribution is -2.29. The Balaban J connectivity index is 1.57. The molecule has 1 aliphatic rings. The Morgan fingerprint density at radius 1 is 1.36 bits per heavy atom. The molecule has 128 valence electrons. The van der Waals surface area contributed by atoms with Crippen LogP contribution in [0.25, 0.3) is 5.69 Å². The van der Waals surface area contributed by atoms with Gasteiger partial charge in [0.1, 0.15) is 6.33 Å². The number of fused-ring (bicyclic) bond motifs is 1. The lowest BCUT2D eigenvalue weighted by molar-refractivity contribution is 0.102. The van der Waals surface area contributed by atoms with Crippen LogP contribution in [0.5, 0.6) is 0 Å². The molecule has 0 aliphatic carbocycles. The second kappa shape index (κ2) is 6.69. The minimum absolute atomic E-state index is 0.218. The van der Waals surface area contributed by atoms with Crippen molar-refractivity contribution in [2.24, 2.45) is 0 Å². The first-order valence-electron chi connectivity index (χ1n) is 8.09. The first-order chi connectivity index (χ1) is 12.2. The number of hydrogen-bond acceptors (Lipinski definition) is 7. The van der Waals surface area contributed by atoms with Crippen molar-refractivity contribution in [3.8, 4) is 5.69 Å². The summed E-state index contributed by atoms with van der Waals surface area (Å²) in [6.07, 6.45) is 2.39. The van der Waals surface area contributed by atoms with E-state index in [-0.39, 0.29) is 5.91 Å². The van der Waals surface area contributed by atoms with Crippen LogP contribution in [0.4, 0.5) is 5.13 Å². The highest BCUT2D eigenvalue weighted by Crippen LogP contribution is 2.28. The number of rotatable bonds is 4. The summed E-state index contributed by atoms with van der Waals surface area (Å²) in [4.78, 5) is 20.9. The highest BCUT2D eigenvalue weighted by atomic mass is 32.1. The van der Waals surface area contributed by atoms with Crippen molar-refractivity contribution < 1.29 is 4.79 Å². The van der Waals surface area contributed by atoms with Crippen molar-refractivity contribution in [3.05, 3.63) is 46.7 Å². The molecular weight excluding hydrogens is 338 g/mol. The van der Waals surface area contributed by atoms with Crippen molar-refractivity contribution in [2.45, 2.75) is 19.9 Å². The molecule has 0 bridgehead atoms. The van der Waals surface area contributed by atoms with Gasteiger partial charge in [0, 0.05) is 24.4 Å². The third-order valence-electron chi connectivity index (χ3n) is 4.22. The van der Waals surface area contributed by atoms with Crippen LogP contribution in [0.1, 0.15) is 27.9 Å². The Bertz CT molecular complexity index is 890. The molecule has 0 atom stereocenters. The molecule has 1 N–H and O–H groups in total. The molecule has 0 saturated carbocycles. The van der Waals surface area contributed by atoms with E-state index in [2.05, 4.69) is 37.6 Å². The van der Waals surface area contributed by atoms with E-state index in [4.69, 9.17) is 0 Å². The second-order valence-electron chi connectivity index (χ2n) is 5.73. The molecular formula is C16H17N7OS. The quantitative estimate of drug-likeness (QED) is 0.767. The van der Waals surface area contributed by atoms with Gasteiger partial charge >= 0.3 is 0 Å². The zero-order chi connectivity index (χ0) is 17.2. The fraction of sp³-hybridized carbons (Fsp3) is 0.312. The summed E-state index contributed by atoms with van der Waals surface area (Å²) in [7, 11) is 0. The fourth-order valence-corrected chi connectivity index (χ4v) is 3.92. The van der Waals surface area contributed by atoms with Gasteiger partial charge in [0.2, 0.25) is 0 Å². The molecule has 0 radical (unpaired) electrons. The Morgan fingerprint density at radius 3 is 3.04 bits per heavy atom. The Hall–Kier alpha value is -2.65. The zero-order valence-corrected chi connectivity index (χ0v) is 14.5. The first kappa shape index (κ1) is 15.9. The van der Waals surface area contributed by atoms with E-state index in [0.717, 1.165) is 31.7 Å². The monoisotopic (exact) mass is 355 g/mol. The minimum atomic E-state index is -0.218. The number of hydrogen-bond donors (Lipinski definition) is 1. The van der Waals surface area contributed by atoms with Gasteiger partial charge in [-0.3, -0.25) is 15.0 Å². The maximum atomic E-state index is 12.7. The van der Waals surface area contributed by atoms with Crippen LogP contribution < -0.4 is 5.32 Å². The third kappa shape index (κ3) is 3.15. The lowest BCUT2D eigenvalue weighted by atomic mass is 10.1. The molecule has 1 aliphatic heterocycles. The molecule has 0 unspecified atom stereocenters. The predicted molar refractivity (Wildman–Crippen MR) is 93.9 cm³/mol. The number of aromatic nitrogens is 5. The largest absolute Gasteiger partial charge is 0.298 e. The standard InChI is InChI=1S/C16H17N7OS/c1-2-22-8-7-12-14(9-22)25-16(18-12)19-15(24)11-5-3-4-6-13(11)23-10-17-20-21-23/h3-6,10H,2,7-9H2,1H3,(H,18,19,24). The summed E-state index contributed by atoms with van der Waals surface area (Å²) in [6.45, 7) is 5.10. The predicted octanol–water partition coefficient (Wildman–Crippen LogP) is 1.75. The Kier molecular flexibility index (Phi) is 4.24. The van der Waals surface area contributed by atoms with Crippen molar-refractivity contribution in [2.75, 3.05) is 18.4 Å². The zero-order valence-electron chi connectivity index (χ0n) is 13.7. The van der Waals surface area contributed by atoms with E-state index in [1.54, 1.807) is 23.5 Å². The molecule has 3 heterocycles. The van der Waals surface area contributed by atoms with Crippen molar-refractivity contribution >= 4 is 22.4 Å². The summed E-state index contributed by atoms with van der Waals surface area (Å²) < 4.78 is 1.47. The van der Waals surface area contributed by atoms with Crippen LogP contribution >= 0.6 is 11.3 Å². The molecule has 8 nitrogen and oxygen atoms in total. The smallest absolute Gasteiger partial charge is 0.259 e. The van der Waals surface area contributed by atoms with Gasteiger partial charge in [-0.1, -0.05) is 19.1 Å². The van der Waals surface area contributed by atoms with E-state index in [1.807, 2.05) is 12.1 Å². The Morgan fingerprint density at radius 2 is 2.24 bits per heavy atom. The van der Waals surface area contributed by atoms with Crippen molar-refractivity contribution in [1.82, 2.24) is 30.1 Å². The van der Waals surface area contributed by atoms with Gasteiger partial charge in [-0.2, -0.15) is 4.68 Å². The molecule has 2 aromatic heterocycles. The highest BCUT2D eigenvalue weighted by molar-refractivity contribution is 7.15. The van der Waals surface area contributed by atoms with Crippen LogP contribution in [0, 0.1) is 0 Å². The van der Waals surface area contributed by atoms with Crippen LogP contribution in [0.3, 0.4) is 0 Å². The minimum Gasteiger partial charge on any atom is -0.298 e. The summed E-state index contributed by atoms with van der Waals surface area (Å²) in [6, 6.07) is 7.21. The molecule has 1 amide bonds. The van der Waals surface area contributed by atoms with Crippen LogP contribution in [-0.2, 0) is 13.0 Å². The van der Waals surface area contributed by atoms with E-state index >= 15 is 0 Å². The molecule has 4 rings (SSSR count). The van der Waals surface area contributed by atoms with Gasteiger partial charge < -0.3 is 0 Å². The summed E-state index contributed by atoms with van der Waals surface area (Å²) in [5, 5.41) is 14.7. The molecule has 3 aromatic rings. The summed E-state index contributed by atoms with van der Waals surface area (Å²) in [5.74, 6) is -0.218. The number of para-hydroxylation sites is 1. The topological polar surface area (TPSA) is 88.8 Å². The summed E-state index contributed by atoms with van der Waals surface area (Å²) in [5.41, 5.74) is 2.22. The second-order valence-corrected chi connectivity index (χ2v) is 6.82. The van der Waals surface area contributed by atoms with Crippen LogP contribution in [0.15, 0.2) is 30.6 Å². The number of nitrogens with one attached hydrogen (secondary N) is 1. The van der Waals surface area contributed by atoms with Gasteiger partial charge in [-0.25, -0.2) is 4.98 Å². The molecule has 1 aromatic carbocycles. The van der Waals surface area contributed by atoms with Gasteiger partial charge in [-0.15, -0.1) is 16.4 Å². The molecule has 25 heavy (non-hydrogen) atoms. The lowest BCUT2D eigenvalue weighted by Gasteiger charge is -2.23. The number of likely N-dealkylation sites (N-methyl/N-ethyl adjacent to an activating group) is 1. The van der Waals surface area contributed by atoms with E-state index in [9.17, 15) is 4.79 Å². The van der Waals surface area contributed by atoms with E-state index < -0.39 is 0 Å². The van der Waals surface area contributed by atoms with Crippen molar-refractivity contribution in [1.29, 1.82) is 0 Å².